The maximum absolute atomic E-state index is 7.76. The van der Waals surface area contributed by atoms with Crippen molar-refractivity contribution in [3.8, 4) is 136 Å². The van der Waals surface area contributed by atoms with Gasteiger partial charge in [0.25, 0.3) is 0 Å². The minimum Gasteiger partial charge on any atom is -0.453 e. The molecule has 104 heavy (non-hydrogen) atoms. The first-order chi connectivity index (χ1) is 50.6. The molecular weight excluding hydrogens is 1560 g/mol. The van der Waals surface area contributed by atoms with Crippen molar-refractivity contribution in [1.82, 2.24) is 39.9 Å². The predicted octanol–water partition coefficient (Wildman–Crippen LogP) is 28.5. The number of hydrogen-bond acceptors (Lipinski definition) is 10. The summed E-state index contributed by atoms with van der Waals surface area (Å²) in [6, 6.07) is 68.0. The van der Waals surface area contributed by atoms with E-state index in [4.69, 9.17) is 188 Å². The third kappa shape index (κ3) is 11.6. The second-order valence-corrected chi connectivity index (χ2v) is 28.1. The summed E-state index contributed by atoms with van der Waals surface area (Å²) in [6.07, 6.45) is 0. The molecule has 8 bridgehead atoms. The van der Waals surface area contributed by atoms with Crippen molar-refractivity contribution in [3.05, 3.63) is 279 Å². The van der Waals surface area contributed by atoms with Gasteiger partial charge in [-0.25, -0.2) is 29.9 Å². The third-order valence-electron chi connectivity index (χ3n) is 17.5. The van der Waals surface area contributed by atoms with E-state index in [2.05, 4.69) is 9.97 Å². The molecule has 17 rings (SSSR count). The van der Waals surface area contributed by atoms with Gasteiger partial charge in [-0.2, -0.15) is 0 Å². The van der Waals surface area contributed by atoms with Crippen molar-refractivity contribution in [2.24, 2.45) is 0 Å². The van der Waals surface area contributed by atoms with E-state index in [0.717, 1.165) is 22.3 Å². The SMILES string of the molecule is Clc1c(Cl)c2c(c(Cl)c1Oc1ccccc1-c1ccccc1)-c1nc-2nc2[nH]c(nc3nc(nc4[nH]c(n1)c1c(Cl)c(Cl)c(Oc5ccccc5-c5ccccc5)c(Cl)c41)-c1c(Cl)c(Cl)c(Oc4ccccc4-c4ccccc4)c(Cl)c1-3)c1c(Cl)c(Cl)c(Oc3ccccc3-c3ccccc3)c(Cl)c21. The molecule has 0 atom stereocenters. The van der Waals surface area contributed by atoms with Crippen LogP contribution in [0.3, 0.4) is 0 Å². The van der Waals surface area contributed by atoms with E-state index in [1.54, 1.807) is 24.3 Å². The topological polar surface area (TPSA) is 146 Å². The number of fused-ring (bicyclic) bond motifs is 20. The van der Waals surface area contributed by atoms with Crippen LogP contribution >= 0.6 is 139 Å². The molecule has 12 aromatic carbocycles. The average molecular weight is 1600 g/mol. The molecule has 0 saturated heterocycles. The fourth-order valence-electron chi connectivity index (χ4n) is 12.7. The number of para-hydroxylation sites is 4. The molecule has 3 aromatic heterocycles. The highest BCUT2D eigenvalue weighted by Crippen LogP contribution is 2.59. The Morgan fingerprint density at radius 3 is 0.683 bits per heavy atom. The molecule has 0 aliphatic carbocycles. The van der Waals surface area contributed by atoms with Crippen LogP contribution < -0.4 is 18.9 Å². The highest BCUT2D eigenvalue weighted by molar-refractivity contribution is 6.53. The molecule has 0 unspecified atom stereocenters. The van der Waals surface area contributed by atoms with Crippen LogP contribution in [0.5, 0.6) is 46.0 Å². The first-order valence-corrected chi connectivity index (χ1v) is 36.1. The van der Waals surface area contributed by atoms with Crippen molar-refractivity contribution in [2.45, 2.75) is 0 Å². The summed E-state index contributed by atoms with van der Waals surface area (Å²) in [5, 5.41) is -0.570. The molecule has 0 saturated carbocycles. The monoisotopic (exact) mass is 1590 g/mol. The molecule has 2 aliphatic rings. The van der Waals surface area contributed by atoms with Crippen molar-refractivity contribution >= 4 is 183 Å². The quantitative estimate of drug-likeness (QED) is 0.113. The van der Waals surface area contributed by atoms with Crippen LogP contribution in [-0.4, -0.2) is 39.9 Å². The van der Waals surface area contributed by atoms with Crippen LogP contribution in [0.25, 0.3) is 134 Å². The summed E-state index contributed by atoms with van der Waals surface area (Å²) < 4.78 is 27.2. The van der Waals surface area contributed by atoms with Gasteiger partial charge in [-0.05, 0) is 46.5 Å². The molecule has 0 amide bonds. The normalized spacial score (nSPS) is 11.7. The molecule has 2 N–H and O–H groups in total. The Morgan fingerprint density at radius 1 is 0.202 bits per heavy atom. The lowest BCUT2D eigenvalue weighted by Gasteiger charge is -2.17. The number of H-pyrrole nitrogens is 2. The van der Waals surface area contributed by atoms with E-state index >= 15 is 0 Å². The average Bonchev–Trinajstić information content (AvgIpc) is 1.56. The lowest BCUT2D eigenvalue weighted by molar-refractivity contribution is 0.485. The first-order valence-electron chi connectivity index (χ1n) is 31.5. The molecule has 12 nitrogen and oxygen atoms in total. The van der Waals surface area contributed by atoms with Crippen LogP contribution in [0.2, 0.25) is 60.3 Å². The highest BCUT2D eigenvalue weighted by Gasteiger charge is 2.37. The summed E-state index contributed by atoms with van der Waals surface area (Å²) in [5.41, 5.74) is 6.54. The number of nitrogens with one attached hydrogen (secondary N) is 2. The van der Waals surface area contributed by atoms with Crippen LogP contribution in [0.4, 0.5) is 0 Å². The first kappa shape index (κ1) is 67.8. The third-order valence-corrected chi connectivity index (χ3v) is 22.3. The maximum Gasteiger partial charge on any atom is 0.166 e. The lowest BCUT2D eigenvalue weighted by Crippen LogP contribution is -1.94. The Hall–Kier alpha value is -9.32. The summed E-state index contributed by atoms with van der Waals surface area (Å²) in [4.78, 5) is 38.2. The zero-order valence-electron chi connectivity index (χ0n) is 52.6. The Labute approximate surface area is 651 Å². The van der Waals surface area contributed by atoms with Crippen LogP contribution in [0.1, 0.15) is 0 Å². The molecule has 0 fully saturated rings. The van der Waals surface area contributed by atoms with E-state index in [1.807, 2.05) is 194 Å². The number of aromatic nitrogens is 8. The van der Waals surface area contributed by atoms with E-state index in [1.165, 1.54) is 0 Å². The smallest absolute Gasteiger partial charge is 0.166 e. The molecule has 0 spiro atoms. The zero-order valence-corrected chi connectivity index (χ0v) is 61.7. The highest BCUT2D eigenvalue weighted by atomic mass is 35.5. The Kier molecular flexibility index (Phi) is 18.0. The minimum absolute atomic E-state index is 0.0212. The number of nitrogens with zero attached hydrogens (tertiary/aromatic N) is 6. The number of halogens is 12. The Balaban J connectivity index is 0.988. The number of hydrogen-bond donors (Lipinski definition) is 2. The van der Waals surface area contributed by atoms with Gasteiger partial charge < -0.3 is 28.9 Å². The van der Waals surface area contributed by atoms with Crippen LogP contribution in [0, 0.1) is 0 Å². The van der Waals surface area contributed by atoms with Gasteiger partial charge in [0.05, 0.1) is 84.0 Å². The van der Waals surface area contributed by atoms with E-state index < -0.39 is 0 Å². The second kappa shape index (κ2) is 27.6. The van der Waals surface area contributed by atoms with Gasteiger partial charge in [-0.1, -0.05) is 333 Å². The molecular formula is C80H38Cl12N8O4. The zero-order chi connectivity index (χ0) is 71.3. The van der Waals surface area contributed by atoms with Gasteiger partial charge in [-0.3, -0.25) is 0 Å². The van der Waals surface area contributed by atoms with Gasteiger partial charge in [0.15, 0.2) is 46.3 Å². The van der Waals surface area contributed by atoms with Crippen molar-refractivity contribution in [2.75, 3.05) is 0 Å². The predicted molar refractivity (Wildman–Crippen MR) is 424 cm³/mol. The minimum atomic E-state index is -0.110. The van der Waals surface area contributed by atoms with Gasteiger partial charge in [0, 0.05) is 22.3 Å². The van der Waals surface area contributed by atoms with Gasteiger partial charge >= 0.3 is 0 Å². The van der Waals surface area contributed by atoms with Crippen LogP contribution in [-0.2, 0) is 0 Å². The number of benzene rings is 12. The van der Waals surface area contributed by atoms with Gasteiger partial charge in [0.2, 0.25) is 0 Å². The number of rotatable bonds is 12. The Bertz CT molecular complexity index is 5910. The molecule has 15 aromatic rings. The molecule has 24 heteroatoms. The summed E-state index contributed by atoms with van der Waals surface area (Å²) >= 11 is 91.4. The Morgan fingerprint density at radius 2 is 0.413 bits per heavy atom. The molecule has 0 radical (unpaired) electrons. The van der Waals surface area contributed by atoms with Crippen LogP contribution in [0.15, 0.2) is 218 Å². The summed E-state index contributed by atoms with van der Waals surface area (Å²) in [6.45, 7) is 0. The summed E-state index contributed by atoms with van der Waals surface area (Å²) in [5.74, 6) is 0.909. The fourth-order valence-corrected chi connectivity index (χ4v) is 16.1. The van der Waals surface area contributed by atoms with Gasteiger partial charge in [0.1, 0.15) is 65.7 Å². The van der Waals surface area contributed by atoms with E-state index in [9.17, 15) is 0 Å². The standard InChI is InChI=1S/C80H38Cl12N8O4/c81-57-49-53(61(85)69(65(57)89)101-45-33-17-13-29-41(45)37-21-5-1-6-22-37)77-93-73(49)98-78-55-51(59(83)67(91)71(63(55)87)103-47-35-19-15-31-43(47)39-25-9-3-10-26-39)75(95-78)100-80-56-52(60(84)68(92)72(64(56)88)104-48-36-20-16-32-44(48)40-27-11-4-12-28-40)76(96-80)99-79-54-50(74(94-79)97-77)58(82)66(90)70(62(54)86)102-46-34-18-14-30-42(46)38-23-7-2-8-24-38/h1-36H,(H2,93,94,95,96,97,98,99,100). The molecule has 2 aliphatic heterocycles. The summed E-state index contributed by atoms with van der Waals surface area (Å²) in [7, 11) is 0. The fraction of sp³-hybridized carbons (Fsp3) is 0. The lowest BCUT2D eigenvalue weighted by atomic mass is 10.0. The second-order valence-electron chi connectivity index (χ2n) is 23.6. The van der Waals surface area contributed by atoms with E-state index in [-0.39, 0.29) is 173 Å². The largest absolute Gasteiger partial charge is 0.453 e. The van der Waals surface area contributed by atoms with Gasteiger partial charge in [-0.15, -0.1) is 0 Å². The molecule has 5 heterocycles. The number of aromatic amines is 2. The maximum atomic E-state index is 7.76. The molecule has 506 valence electrons. The van der Waals surface area contributed by atoms with E-state index in [0.29, 0.717) is 45.3 Å². The van der Waals surface area contributed by atoms with Crippen molar-refractivity contribution < 1.29 is 18.9 Å². The number of ether oxygens (including phenoxy) is 4. The van der Waals surface area contributed by atoms with Crippen molar-refractivity contribution in [1.29, 1.82) is 0 Å². The van der Waals surface area contributed by atoms with Crippen molar-refractivity contribution in [3.63, 3.8) is 0 Å².